The van der Waals surface area contributed by atoms with Crippen LogP contribution in [0.3, 0.4) is 0 Å². The van der Waals surface area contributed by atoms with E-state index in [2.05, 4.69) is 25.9 Å². The van der Waals surface area contributed by atoms with Crippen molar-refractivity contribution in [3.8, 4) is 0 Å². The third-order valence-electron chi connectivity index (χ3n) is 1.12. The van der Waals surface area contributed by atoms with E-state index in [9.17, 15) is 4.79 Å². The first-order chi connectivity index (χ1) is 5.61. The van der Waals surface area contributed by atoms with Crippen molar-refractivity contribution in [2.75, 3.05) is 0 Å². The quantitative estimate of drug-likeness (QED) is 0.770. The molecule has 1 heterocycles. The van der Waals surface area contributed by atoms with E-state index in [1.54, 1.807) is 0 Å². The molecule has 2 N–H and O–H groups in total. The summed E-state index contributed by atoms with van der Waals surface area (Å²) in [5.41, 5.74) is 0. The molecule has 6 heteroatoms. The van der Waals surface area contributed by atoms with Gasteiger partial charge in [-0.25, -0.2) is 14.8 Å². The lowest BCUT2D eigenvalue weighted by molar-refractivity contribution is -0.147. The van der Waals surface area contributed by atoms with Crippen molar-refractivity contribution in [2.45, 2.75) is 6.10 Å². The summed E-state index contributed by atoms with van der Waals surface area (Å²) < 4.78 is 0.629. The molecule has 0 aliphatic carbocycles. The van der Waals surface area contributed by atoms with Gasteiger partial charge in [0.25, 0.3) is 0 Å². The van der Waals surface area contributed by atoms with Crippen LogP contribution in [0.1, 0.15) is 11.9 Å². The van der Waals surface area contributed by atoms with Crippen LogP contribution in [0.4, 0.5) is 0 Å². The molecule has 0 fully saturated rings. The van der Waals surface area contributed by atoms with Gasteiger partial charge in [0.1, 0.15) is 0 Å². The Bertz CT molecular complexity index is 287. The largest absolute Gasteiger partial charge is 0.479 e. The third kappa shape index (κ3) is 1.99. The second-order valence-electron chi connectivity index (χ2n) is 2.00. The first kappa shape index (κ1) is 9.08. The highest BCUT2D eigenvalue weighted by molar-refractivity contribution is 9.10. The van der Waals surface area contributed by atoms with E-state index in [1.807, 2.05) is 0 Å². The lowest BCUT2D eigenvalue weighted by atomic mass is 10.3. The molecular formula is C6H5BrN2O3. The number of hydrogen-bond acceptors (Lipinski definition) is 4. The minimum Gasteiger partial charge on any atom is -0.479 e. The van der Waals surface area contributed by atoms with Gasteiger partial charge in [-0.15, -0.1) is 0 Å². The van der Waals surface area contributed by atoms with Gasteiger partial charge in [-0.3, -0.25) is 0 Å². The molecule has 0 aliphatic heterocycles. The maximum absolute atomic E-state index is 10.2. The summed E-state index contributed by atoms with van der Waals surface area (Å²) >= 11 is 3.08. The van der Waals surface area contributed by atoms with Crippen molar-refractivity contribution in [3.63, 3.8) is 0 Å². The fraction of sp³-hybridized carbons (Fsp3) is 0.167. The average molecular weight is 233 g/mol. The molecule has 0 aromatic carbocycles. The highest BCUT2D eigenvalue weighted by Gasteiger charge is 2.18. The zero-order valence-corrected chi connectivity index (χ0v) is 7.39. The van der Waals surface area contributed by atoms with E-state index in [1.165, 1.54) is 12.4 Å². The maximum atomic E-state index is 10.2. The summed E-state index contributed by atoms with van der Waals surface area (Å²) in [5.74, 6) is -1.48. The zero-order chi connectivity index (χ0) is 9.14. The minimum absolute atomic E-state index is 0.120. The van der Waals surface area contributed by atoms with Crippen LogP contribution in [-0.2, 0) is 4.79 Å². The summed E-state index contributed by atoms with van der Waals surface area (Å²) in [5, 5.41) is 17.3. The Morgan fingerprint density at radius 1 is 1.50 bits per heavy atom. The SMILES string of the molecule is O=C(O)C(O)c1ncc(Br)cn1. The molecule has 0 saturated heterocycles. The van der Waals surface area contributed by atoms with Crippen LogP contribution in [0.15, 0.2) is 16.9 Å². The molecule has 1 atom stereocenters. The summed E-state index contributed by atoms with van der Waals surface area (Å²) in [6.07, 6.45) is 1.08. The molecule has 1 unspecified atom stereocenters. The van der Waals surface area contributed by atoms with Crippen LogP contribution in [0.5, 0.6) is 0 Å². The highest BCUT2D eigenvalue weighted by atomic mass is 79.9. The van der Waals surface area contributed by atoms with Crippen LogP contribution in [-0.4, -0.2) is 26.2 Å². The normalized spacial score (nSPS) is 12.5. The Morgan fingerprint density at radius 3 is 2.42 bits per heavy atom. The number of rotatable bonds is 2. The number of aliphatic carboxylic acids is 1. The molecule has 64 valence electrons. The van der Waals surface area contributed by atoms with Gasteiger partial charge in [0.15, 0.2) is 5.82 Å². The summed E-state index contributed by atoms with van der Waals surface area (Å²) in [7, 11) is 0. The van der Waals surface area contributed by atoms with E-state index in [-0.39, 0.29) is 5.82 Å². The van der Waals surface area contributed by atoms with E-state index in [0.29, 0.717) is 4.47 Å². The number of carboxylic acids is 1. The summed E-state index contributed by atoms with van der Waals surface area (Å²) in [6.45, 7) is 0. The van der Waals surface area contributed by atoms with Crippen molar-refractivity contribution in [1.29, 1.82) is 0 Å². The molecule has 1 aromatic rings. The number of aliphatic hydroxyl groups excluding tert-OH is 1. The lowest BCUT2D eigenvalue weighted by Crippen LogP contribution is -2.13. The Labute approximate surface area is 76.2 Å². The van der Waals surface area contributed by atoms with Crippen LogP contribution in [0.2, 0.25) is 0 Å². The first-order valence-electron chi connectivity index (χ1n) is 2.99. The standard InChI is InChI=1S/C6H5BrN2O3/c7-3-1-8-5(9-2-3)4(10)6(11)12/h1-2,4,10H,(H,11,12). The molecule has 0 aliphatic rings. The van der Waals surface area contributed by atoms with Gasteiger partial charge in [-0.1, -0.05) is 0 Å². The van der Waals surface area contributed by atoms with Gasteiger partial charge < -0.3 is 10.2 Å². The molecule has 0 bridgehead atoms. The molecule has 5 nitrogen and oxygen atoms in total. The van der Waals surface area contributed by atoms with Gasteiger partial charge in [-0.2, -0.15) is 0 Å². The fourth-order valence-electron chi connectivity index (χ4n) is 0.574. The van der Waals surface area contributed by atoms with Crippen LogP contribution >= 0.6 is 15.9 Å². The Kier molecular flexibility index (Phi) is 2.72. The highest BCUT2D eigenvalue weighted by Crippen LogP contribution is 2.09. The second kappa shape index (κ2) is 3.59. The van der Waals surface area contributed by atoms with Crippen molar-refractivity contribution >= 4 is 21.9 Å². The number of halogens is 1. The van der Waals surface area contributed by atoms with Crippen molar-refractivity contribution in [2.24, 2.45) is 0 Å². The van der Waals surface area contributed by atoms with Crippen LogP contribution in [0.25, 0.3) is 0 Å². The Morgan fingerprint density at radius 2 is 2.00 bits per heavy atom. The number of carboxylic acid groups (broad SMARTS) is 1. The molecule has 0 radical (unpaired) electrons. The van der Waals surface area contributed by atoms with Crippen molar-refractivity contribution in [1.82, 2.24) is 9.97 Å². The zero-order valence-electron chi connectivity index (χ0n) is 5.81. The monoisotopic (exact) mass is 232 g/mol. The van der Waals surface area contributed by atoms with Gasteiger partial charge in [0.05, 0.1) is 4.47 Å². The summed E-state index contributed by atoms with van der Waals surface area (Å²) in [6, 6.07) is 0. The molecule has 0 amide bonds. The van der Waals surface area contributed by atoms with E-state index < -0.39 is 12.1 Å². The molecular weight excluding hydrogens is 228 g/mol. The van der Waals surface area contributed by atoms with Gasteiger partial charge in [-0.05, 0) is 15.9 Å². The number of hydrogen-bond donors (Lipinski definition) is 2. The predicted octanol–water partition coefficient (Wildman–Crippen LogP) is 0.357. The van der Waals surface area contributed by atoms with Crippen molar-refractivity contribution < 1.29 is 15.0 Å². The molecule has 1 aromatic heterocycles. The summed E-state index contributed by atoms with van der Waals surface area (Å²) in [4.78, 5) is 17.5. The average Bonchev–Trinajstić information content (AvgIpc) is 2.04. The molecule has 12 heavy (non-hydrogen) atoms. The topological polar surface area (TPSA) is 83.3 Å². The smallest absolute Gasteiger partial charge is 0.340 e. The molecule has 0 saturated carbocycles. The predicted molar refractivity (Wildman–Crippen MR) is 42.3 cm³/mol. The van der Waals surface area contributed by atoms with Gasteiger partial charge in [0.2, 0.25) is 6.10 Å². The van der Waals surface area contributed by atoms with Gasteiger partial charge in [0, 0.05) is 12.4 Å². The number of carbonyl (C=O) groups is 1. The second-order valence-corrected chi connectivity index (χ2v) is 2.92. The molecule has 1 rings (SSSR count). The van der Waals surface area contributed by atoms with E-state index >= 15 is 0 Å². The number of nitrogens with zero attached hydrogens (tertiary/aromatic N) is 2. The minimum atomic E-state index is -1.65. The van der Waals surface area contributed by atoms with Crippen molar-refractivity contribution in [3.05, 3.63) is 22.7 Å². The van der Waals surface area contributed by atoms with Gasteiger partial charge >= 0.3 is 5.97 Å². The van der Waals surface area contributed by atoms with E-state index in [4.69, 9.17) is 10.2 Å². The number of aliphatic hydroxyl groups is 1. The number of aromatic nitrogens is 2. The first-order valence-corrected chi connectivity index (χ1v) is 3.79. The van der Waals surface area contributed by atoms with Crippen LogP contribution < -0.4 is 0 Å². The third-order valence-corrected chi connectivity index (χ3v) is 1.53. The fourth-order valence-corrected chi connectivity index (χ4v) is 0.779. The van der Waals surface area contributed by atoms with Crippen LogP contribution in [0, 0.1) is 0 Å². The Hall–Kier alpha value is -1.01. The Balaban J connectivity index is 2.89. The molecule has 0 spiro atoms. The van der Waals surface area contributed by atoms with E-state index in [0.717, 1.165) is 0 Å². The maximum Gasteiger partial charge on any atom is 0.340 e. The lowest BCUT2D eigenvalue weighted by Gasteiger charge is -2.01.